The summed E-state index contributed by atoms with van der Waals surface area (Å²) in [5, 5.41) is 5.51. The SMILES string of the molecule is COc1ccc(N2CCN(C(=O)c3cc(-c4ccc(C)o4)nn3-c3ccc(Cl)c(Cl)c3)CC2)cc1. The fourth-order valence-corrected chi connectivity index (χ4v) is 4.45. The van der Waals surface area contributed by atoms with Crippen LogP contribution in [0.3, 0.4) is 0 Å². The Labute approximate surface area is 213 Å². The molecule has 0 aliphatic carbocycles. The van der Waals surface area contributed by atoms with E-state index in [-0.39, 0.29) is 5.91 Å². The van der Waals surface area contributed by atoms with E-state index >= 15 is 0 Å². The Balaban J connectivity index is 1.41. The molecule has 0 atom stereocenters. The molecule has 0 spiro atoms. The maximum Gasteiger partial charge on any atom is 0.272 e. The van der Waals surface area contributed by atoms with Crippen LogP contribution in [0.25, 0.3) is 17.1 Å². The fraction of sp³-hybridized carbons (Fsp3) is 0.231. The van der Waals surface area contributed by atoms with Gasteiger partial charge in [-0.15, -0.1) is 0 Å². The number of nitrogens with zero attached hydrogens (tertiary/aromatic N) is 4. The summed E-state index contributed by atoms with van der Waals surface area (Å²) >= 11 is 12.4. The van der Waals surface area contributed by atoms with Gasteiger partial charge in [0.15, 0.2) is 5.76 Å². The van der Waals surface area contributed by atoms with Gasteiger partial charge in [-0.05, 0) is 61.5 Å². The van der Waals surface area contributed by atoms with Crippen LogP contribution in [0.1, 0.15) is 16.2 Å². The van der Waals surface area contributed by atoms with Gasteiger partial charge >= 0.3 is 0 Å². The van der Waals surface area contributed by atoms with E-state index in [1.807, 2.05) is 48.2 Å². The number of aryl methyl sites for hydroxylation is 1. The number of amides is 1. The van der Waals surface area contributed by atoms with Gasteiger partial charge in [0.1, 0.15) is 22.9 Å². The lowest BCUT2D eigenvalue weighted by molar-refractivity contribution is 0.0737. The first-order valence-electron chi connectivity index (χ1n) is 11.2. The third-order valence-corrected chi connectivity index (χ3v) is 6.81. The monoisotopic (exact) mass is 510 g/mol. The van der Waals surface area contributed by atoms with Crippen LogP contribution < -0.4 is 9.64 Å². The van der Waals surface area contributed by atoms with E-state index in [2.05, 4.69) is 10.00 Å². The van der Waals surface area contributed by atoms with Crippen LogP contribution in [0.2, 0.25) is 10.0 Å². The van der Waals surface area contributed by atoms with Gasteiger partial charge in [-0.1, -0.05) is 23.2 Å². The summed E-state index contributed by atoms with van der Waals surface area (Å²) < 4.78 is 12.6. The number of anilines is 1. The number of hydrogen-bond acceptors (Lipinski definition) is 5. The van der Waals surface area contributed by atoms with E-state index < -0.39 is 0 Å². The lowest BCUT2D eigenvalue weighted by Crippen LogP contribution is -2.49. The molecule has 0 N–H and O–H groups in total. The lowest BCUT2D eigenvalue weighted by atomic mass is 10.2. The van der Waals surface area contributed by atoms with E-state index in [0.717, 1.165) is 30.3 Å². The standard InChI is InChI=1S/C26H24Cl2N4O3/c1-17-3-10-25(35-17)23-16-24(32(29-23)19-6-9-21(27)22(28)15-19)26(33)31-13-11-30(12-14-31)18-4-7-20(34-2)8-5-18/h3-10,15-16H,11-14H2,1-2H3. The molecule has 2 aromatic carbocycles. The average Bonchev–Trinajstić information content (AvgIpc) is 3.52. The van der Waals surface area contributed by atoms with E-state index in [4.69, 9.17) is 32.4 Å². The molecular formula is C26H24Cl2N4O3. The first-order valence-corrected chi connectivity index (χ1v) is 12.0. The molecule has 0 radical (unpaired) electrons. The summed E-state index contributed by atoms with van der Waals surface area (Å²) in [6, 6.07) is 18.6. The summed E-state index contributed by atoms with van der Waals surface area (Å²) in [7, 11) is 1.65. The number of methoxy groups -OCH3 is 1. The molecular weight excluding hydrogens is 487 g/mol. The highest BCUT2D eigenvalue weighted by molar-refractivity contribution is 6.42. The first-order chi connectivity index (χ1) is 16.9. The summed E-state index contributed by atoms with van der Waals surface area (Å²) in [6.45, 7) is 4.50. The second kappa shape index (κ2) is 9.68. The van der Waals surface area contributed by atoms with Crippen molar-refractivity contribution in [3.8, 4) is 22.9 Å². The molecule has 1 saturated heterocycles. The number of benzene rings is 2. The Bertz CT molecular complexity index is 1360. The molecule has 1 aliphatic heterocycles. The van der Waals surface area contributed by atoms with Crippen LogP contribution in [0.5, 0.6) is 5.75 Å². The third kappa shape index (κ3) is 4.74. The Hall–Kier alpha value is -3.42. The number of halogens is 2. The number of hydrogen-bond donors (Lipinski definition) is 0. The van der Waals surface area contributed by atoms with Crippen LogP contribution in [-0.2, 0) is 0 Å². The quantitative estimate of drug-likeness (QED) is 0.343. The van der Waals surface area contributed by atoms with Crippen LogP contribution in [-0.4, -0.2) is 53.9 Å². The van der Waals surface area contributed by atoms with Gasteiger partial charge in [-0.25, -0.2) is 4.68 Å². The smallest absolute Gasteiger partial charge is 0.272 e. The predicted molar refractivity (Wildman–Crippen MR) is 137 cm³/mol. The molecule has 0 bridgehead atoms. The normalized spacial score (nSPS) is 13.8. The second-order valence-electron chi connectivity index (χ2n) is 8.31. The van der Waals surface area contributed by atoms with Crippen LogP contribution in [0.15, 0.2) is 65.1 Å². The van der Waals surface area contributed by atoms with Gasteiger partial charge in [-0.2, -0.15) is 5.10 Å². The fourth-order valence-electron chi connectivity index (χ4n) is 4.16. The Kier molecular flexibility index (Phi) is 6.45. The third-order valence-electron chi connectivity index (χ3n) is 6.07. The van der Waals surface area contributed by atoms with Gasteiger partial charge in [0.05, 0.1) is 22.8 Å². The summed E-state index contributed by atoms with van der Waals surface area (Å²) in [4.78, 5) is 17.8. The Morgan fingerprint density at radius 2 is 1.63 bits per heavy atom. The minimum atomic E-state index is -0.104. The minimum absolute atomic E-state index is 0.104. The van der Waals surface area contributed by atoms with Gasteiger partial charge in [0, 0.05) is 37.9 Å². The van der Waals surface area contributed by atoms with E-state index in [1.165, 1.54) is 0 Å². The molecule has 7 nitrogen and oxygen atoms in total. The molecule has 9 heteroatoms. The molecule has 1 amide bonds. The number of carbonyl (C=O) groups excluding carboxylic acids is 1. The van der Waals surface area contributed by atoms with Crippen molar-refractivity contribution >= 4 is 34.8 Å². The predicted octanol–water partition coefficient (Wildman–Crippen LogP) is 5.72. The zero-order valence-electron chi connectivity index (χ0n) is 19.4. The molecule has 3 heterocycles. The maximum absolute atomic E-state index is 13.7. The second-order valence-corrected chi connectivity index (χ2v) is 9.13. The summed E-state index contributed by atoms with van der Waals surface area (Å²) in [5.41, 5.74) is 2.76. The molecule has 5 rings (SSSR count). The largest absolute Gasteiger partial charge is 0.497 e. The highest BCUT2D eigenvalue weighted by atomic mass is 35.5. The van der Waals surface area contributed by atoms with Crippen molar-refractivity contribution in [3.63, 3.8) is 0 Å². The molecule has 35 heavy (non-hydrogen) atoms. The summed E-state index contributed by atoms with van der Waals surface area (Å²) in [5.74, 6) is 2.08. The zero-order valence-corrected chi connectivity index (χ0v) is 20.9. The zero-order chi connectivity index (χ0) is 24.5. The maximum atomic E-state index is 13.7. The number of carbonyl (C=O) groups is 1. The number of furan rings is 1. The molecule has 2 aromatic heterocycles. The molecule has 0 unspecified atom stereocenters. The van der Waals surface area contributed by atoms with Crippen molar-refractivity contribution in [2.24, 2.45) is 0 Å². The number of piperazine rings is 1. The van der Waals surface area contributed by atoms with Crippen molar-refractivity contribution in [1.29, 1.82) is 0 Å². The average molecular weight is 511 g/mol. The van der Waals surface area contributed by atoms with E-state index in [1.54, 1.807) is 36.1 Å². The molecule has 1 fully saturated rings. The topological polar surface area (TPSA) is 63.7 Å². The van der Waals surface area contributed by atoms with Crippen LogP contribution in [0, 0.1) is 6.92 Å². The van der Waals surface area contributed by atoms with Gasteiger partial charge in [0.25, 0.3) is 5.91 Å². The van der Waals surface area contributed by atoms with Crippen molar-refractivity contribution in [3.05, 3.63) is 82.2 Å². The van der Waals surface area contributed by atoms with Crippen LogP contribution in [0.4, 0.5) is 5.69 Å². The number of aromatic nitrogens is 2. The van der Waals surface area contributed by atoms with Crippen molar-refractivity contribution in [1.82, 2.24) is 14.7 Å². The Morgan fingerprint density at radius 1 is 0.914 bits per heavy atom. The van der Waals surface area contributed by atoms with Crippen molar-refractivity contribution < 1.29 is 13.9 Å². The van der Waals surface area contributed by atoms with Gasteiger partial charge in [-0.3, -0.25) is 4.79 Å². The van der Waals surface area contributed by atoms with E-state index in [9.17, 15) is 4.79 Å². The highest BCUT2D eigenvalue weighted by Crippen LogP contribution is 2.29. The highest BCUT2D eigenvalue weighted by Gasteiger charge is 2.27. The van der Waals surface area contributed by atoms with Gasteiger partial charge < -0.3 is 19.0 Å². The molecule has 1 aliphatic rings. The molecule has 4 aromatic rings. The Morgan fingerprint density at radius 3 is 2.26 bits per heavy atom. The van der Waals surface area contributed by atoms with Crippen molar-refractivity contribution in [2.45, 2.75) is 6.92 Å². The van der Waals surface area contributed by atoms with E-state index in [0.29, 0.717) is 46.0 Å². The first kappa shape index (κ1) is 23.3. The minimum Gasteiger partial charge on any atom is -0.497 e. The lowest BCUT2D eigenvalue weighted by Gasteiger charge is -2.36. The van der Waals surface area contributed by atoms with Gasteiger partial charge in [0.2, 0.25) is 0 Å². The number of ether oxygens (including phenoxy) is 1. The molecule has 0 saturated carbocycles. The molecule has 180 valence electrons. The van der Waals surface area contributed by atoms with Crippen molar-refractivity contribution in [2.75, 3.05) is 38.2 Å². The summed E-state index contributed by atoms with van der Waals surface area (Å²) in [6.07, 6.45) is 0. The number of rotatable bonds is 5. The van der Waals surface area contributed by atoms with Crippen LogP contribution >= 0.6 is 23.2 Å².